The molecule has 1 aromatic heterocycles. The molecular weight excluding hydrogens is 316 g/mol. The van der Waals surface area contributed by atoms with Gasteiger partial charge >= 0.3 is 6.03 Å². The highest BCUT2D eigenvalue weighted by Gasteiger charge is 2.21. The summed E-state index contributed by atoms with van der Waals surface area (Å²) in [6.07, 6.45) is 3.50. The van der Waals surface area contributed by atoms with Crippen LogP contribution in [-0.4, -0.2) is 33.6 Å². The van der Waals surface area contributed by atoms with Gasteiger partial charge in [0.15, 0.2) is 0 Å². The summed E-state index contributed by atoms with van der Waals surface area (Å²) < 4.78 is 1.84. The molecule has 2 amide bonds. The van der Waals surface area contributed by atoms with Crippen LogP contribution in [-0.2, 0) is 0 Å². The summed E-state index contributed by atoms with van der Waals surface area (Å²) in [6.45, 7) is 4.42. The number of carbonyl (C=O) groups excluding carboxylic acids is 1. The van der Waals surface area contributed by atoms with Gasteiger partial charge in [-0.3, -0.25) is 0 Å². The molecule has 134 valence electrons. The van der Waals surface area contributed by atoms with Gasteiger partial charge in [-0.05, 0) is 51.2 Å². The molecule has 1 aromatic carbocycles. The summed E-state index contributed by atoms with van der Waals surface area (Å²) in [5, 5.41) is 20.1. The van der Waals surface area contributed by atoms with Crippen LogP contribution in [0.4, 0.5) is 10.5 Å². The van der Waals surface area contributed by atoms with Gasteiger partial charge in [-0.15, -0.1) is 0 Å². The molecule has 1 heterocycles. The number of amides is 2. The van der Waals surface area contributed by atoms with Crippen molar-refractivity contribution in [1.82, 2.24) is 15.1 Å². The minimum atomic E-state index is -0.225. The highest BCUT2D eigenvalue weighted by molar-refractivity contribution is 5.90. The first kappa shape index (κ1) is 17.5. The van der Waals surface area contributed by atoms with Crippen molar-refractivity contribution in [1.29, 1.82) is 0 Å². The van der Waals surface area contributed by atoms with Crippen LogP contribution in [0.3, 0.4) is 0 Å². The molecule has 0 bridgehead atoms. The number of aromatic nitrogens is 2. The average Bonchev–Trinajstić information content (AvgIpc) is 2.89. The zero-order valence-corrected chi connectivity index (χ0v) is 14.8. The molecule has 0 radical (unpaired) electrons. The van der Waals surface area contributed by atoms with E-state index < -0.39 is 0 Å². The molecule has 1 fully saturated rings. The fraction of sp³-hybridized carbons (Fsp3) is 0.474. The van der Waals surface area contributed by atoms with Crippen LogP contribution in [0.5, 0.6) is 0 Å². The number of nitrogens with one attached hydrogen (secondary N) is 2. The minimum Gasteiger partial charge on any atom is -0.393 e. The van der Waals surface area contributed by atoms with Crippen molar-refractivity contribution in [2.24, 2.45) is 5.92 Å². The Labute approximate surface area is 148 Å². The van der Waals surface area contributed by atoms with Crippen LogP contribution in [0.1, 0.15) is 37.1 Å². The second-order valence-electron chi connectivity index (χ2n) is 6.81. The third-order valence-electron chi connectivity index (χ3n) is 4.84. The lowest BCUT2D eigenvalue weighted by Gasteiger charge is -2.25. The predicted octanol–water partition coefficient (Wildman–Crippen LogP) is 3.16. The monoisotopic (exact) mass is 342 g/mol. The maximum Gasteiger partial charge on any atom is 0.319 e. The molecule has 6 nitrogen and oxygen atoms in total. The summed E-state index contributed by atoms with van der Waals surface area (Å²) >= 11 is 0. The fourth-order valence-corrected chi connectivity index (χ4v) is 3.49. The lowest BCUT2D eigenvalue weighted by Crippen LogP contribution is -2.35. The summed E-state index contributed by atoms with van der Waals surface area (Å²) in [7, 11) is 0. The largest absolute Gasteiger partial charge is 0.393 e. The number of anilines is 1. The van der Waals surface area contributed by atoms with Gasteiger partial charge in [-0.25, -0.2) is 9.48 Å². The first-order valence-corrected chi connectivity index (χ1v) is 8.89. The quantitative estimate of drug-likeness (QED) is 0.798. The van der Waals surface area contributed by atoms with Gasteiger partial charge in [0.2, 0.25) is 0 Å². The number of urea groups is 1. The Morgan fingerprint density at radius 3 is 2.76 bits per heavy atom. The summed E-state index contributed by atoms with van der Waals surface area (Å²) in [6, 6.07) is 9.63. The molecule has 1 saturated carbocycles. The maximum atomic E-state index is 12.3. The first-order valence-electron chi connectivity index (χ1n) is 8.89. The van der Waals surface area contributed by atoms with E-state index in [1.54, 1.807) is 0 Å². The molecule has 1 aliphatic carbocycles. The van der Waals surface area contributed by atoms with Crippen molar-refractivity contribution in [2.75, 3.05) is 11.9 Å². The van der Waals surface area contributed by atoms with E-state index in [0.29, 0.717) is 12.5 Å². The maximum absolute atomic E-state index is 12.3. The van der Waals surface area contributed by atoms with Crippen molar-refractivity contribution in [3.63, 3.8) is 0 Å². The molecule has 2 atom stereocenters. The van der Waals surface area contributed by atoms with Crippen molar-refractivity contribution in [3.05, 3.63) is 41.7 Å². The van der Waals surface area contributed by atoms with Crippen molar-refractivity contribution >= 4 is 11.7 Å². The third kappa shape index (κ3) is 4.20. The average molecular weight is 342 g/mol. The van der Waals surface area contributed by atoms with Crippen LogP contribution in [0, 0.1) is 19.8 Å². The van der Waals surface area contributed by atoms with Crippen LogP contribution >= 0.6 is 0 Å². The van der Waals surface area contributed by atoms with Gasteiger partial charge in [-0.2, -0.15) is 5.10 Å². The van der Waals surface area contributed by atoms with Crippen molar-refractivity contribution < 1.29 is 9.90 Å². The Morgan fingerprint density at radius 2 is 2.04 bits per heavy atom. The van der Waals surface area contributed by atoms with E-state index in [1.807, 2.05) is 48.9 Å². The Morgan fingerprint density at radius 1 is 1.28 bits per heavy atom. The van der Waals surface area contributed by atoms with Gasteiger partial charge in [0.1, 0.15) is 0 Å². The molecule has 2 aromatic rings. The smallest absolute Gasteiger partial charge is 0.319 e. The van der Waals surface area contributed by atoms with Crippen LogP contribution in [0.15, 0.2) is 30.3 Å². The third-order valence-corrected chi connectivity index (χ3v) is 4.84. The molecule has 25 heavy (non-hydrogen) atoms. The van der Waals surface area contributed by atoms with Gasteiger partial charge in [-0.1, -0.05) is 24.6 Å². The molecule has 2 unspecified atom stereocenters. The second-order valence-corrected chi connectivity index (χ2v) is 6.81. The van der Waals surface area contributed by atoms with E-state index in [2.05, 4.69) is 15.7 Å². The number of hydrogen-bond donors (Lipinski definition) is 3. The van der Waals surface area contributed by atoms with E-state index in [1.165, 1.54) is 0 Å². The number of aliphatic hydroxyl groups excluding tert-OH is 1. The number of aryl methyl sites for hydroxylation is 1. The summed E-state index contributed by atoms with van der Waals surface area (Å²) in [5.41, 5.74) is 3.38. The minimum absolute atomic E-state index is 0.223. The molecular formula is C19H26N4O2. The number of aliphatic hydroxyl groups is 1. The molecule has 0 saturated heterocycles. The van der Waals surface area contributed by atoms with Gasteiger partial charge < -0.3 is 15.7 Å². The van der Waals surface area contributed by atoms with E-state index >= 15 is 0 Å². The van der Waals surface area contributed by atoms with E-state index in [4.69, 9.17) is 0 Å². The van der Waals surface area contributed by atoms with Gasteiger partial charge in [0, 0.05) is 6.54 Å². The lowest BCUT2D eigenvalue weighted by atomic mass is 9.87. The SMILES string of the molecule is Cc1nn(-c2ccccc2)c(C)c1NC(=O)NCC1CCCC(O)C1. The standard InChI is InChI=1S/C19H26N4O2/c1-13-18(14(2)23(22-13)16-8-4-3-5-9-16)21-19(25)20-12-15-7-6-10-17(24)11-15/h3-5,8-9,15,17,24H,6-7,10-12H2,1-2H3,(H2,20,21,25). The molecule has 6 heteroatoms. The predicted molar refractivity (Wildman–Crippen MR) is 98.0 cm³/mol. The molecule has 0 spiro atoms. The van der Waals surface area contributed by atoms with Gasteiger partial charge in [0.05, 0.1) is 28.9 Å². The lowest BCUT2D eigenvalue weighted by molar-refractivity contribution is 0.101. The van der Waals surface area contributed by atoms with Crippen LogP contribution in [0.25, 0.3) is 5.69 Å². The second kappa shape index (κ2) is 7.70. The number of rotatable bonds is 4. The molecule has 3 rings (SSSR count). The van der Waals surface area contributed by atoms with E-state index in [-0.39, 0.29) is 12.1 Å². The fourth-order valence-electron chi connectivity index (χ4n) is 3.49. The number of benzene rings is 1. The molecule has 0 aliphatic heterocycles. The highest BCUT2D eigenvalue weighted by atomic mass is 16.3. The topological polar surface area (TPSA) is 79.2 Å². The van der Waals surface area contributed by atoms with Crippen molar-refractivity contribution in [2.45, 2.75) is 45.6 Å². The summed E-state index contributed by atoms with van der Waals surface area (Å²) in [5.74, 6) is 0.351. The Balaban J connectivity index is 1.62. The number of hydrogen-bond acceptors (Lipinski definition) is 3. The van der Waals surface area contributed by atoms with Crippen LogP contribution < -0.4 is 10.6 Å². The number of nitrogens with zero attached hydrogens (tertiary/aromatic N) is 2. The highest BCUT2D eigenvalue weighted by Crippen LogP contribution is 2.24. The van der Waals surface area contributed by atoms with E-state index in [0.717, 1.165) is 48.4 Å². The normalized spacial score (nSPS) is 20.3. The Kier molecular flexibility index (Phi) is 5.38. The Hall–Kier alpha value is -2.34. The number of para-hydroxylation sites is 1. The first-order chi connectivity index (χ1) is 12.0. The van der Waals surface area contributed by atoms with Crippen LogP contribution in [0.2, 0.25) is 0 Å². The Bertz CT molecular complexity index is 727. The zero-order chi connectivity index (χ0) is 17.8. The molecule has 3 N–H and O–H groups in total. The zero-order valence-electron chi connectivity index (χ0n) is 14.8. The van der Waals surface area contributed by atoms with Gasteiger partial charge in [0.25, 0.3) is 0 Å². The summed E-state index contributed by atoms with van der Waals surface area (Å²) in [4.78, 5) is 12.3. The number of carbonyl (C=O) groups is 1. The van der Waals surface area contributed by atoms with E-state index in [9.17, 15) is 9.90 Å². The van der Waals surface area contributed by atoms with Crippen molar-refractivity contribution in [3.8, 4) is 5.69 Å². The molecule has 1 aliphatic rings.